The maximum absolute atomic E-state index is 12.3. The molecule has 1 heterocycles. The monoisotopic (exact) mass is 378 g/mol. The van der Waals surface area contributed by atoms with Gasteiger partial charge in [-0.3, -0.25) is 4.79 Å². The highest BCUT2D eigenvalue weighted by molar-refractivity contribution is 7.14. The number of nitrogens with one attached hydrogen (secondary N) is 1. The van der Waals surface area contributed by atoms with Crippen molar-refractivity contribution in [2.75, 3.05) is 0 Å². The van der Waals surface area contributed by atoms with Crippen LogP contribution < -0.4 is 10.2 Å². The van der Waals surface area contributed by atoms with Crippen LogP contribution in [-0.4, -0.2) is 18.2 Å². The Kier molecular flexibility index (Phi) is 5.66. The van der Waals surface area contributed by atoms with Gasteiger partial charge in [0.05, 0.1) is 10.6 Å². The molecule has 0 radical (unpaired) electrons. The number of carbonyl (C=O) groups excluding carboxylic acids is 1. The number of fused-ring (bicyclic) bond motifs is 1. The second-order valence-corrected chi connectivity index (χ2v) is 7.58. The van der Waals surface area contributed by atoms with Crippen molar-refractivity contribution >= 4 is 23.0 Å². The minimum Gasteiger partial charge on any atom is -0.435 e. The molecule has 0 bridgehead atoms. The number of ether oxygens (including phenoxy) is 1. The van der Waals surface area contributed by atoms with E-state index in [4.69, 9.17) is 0 Å². The molecule has 26 heavy (non-hydrogen) atoms. The molecular weight excluding hydrogens is 358 g/mol. The van der Waals surface area contributed by atoms with Gasteiger partial charge in [0, 0.05) is 4.88 Å². The van der Waals surface area contributed by atoms with Gasteiger partial charge in [-0.05, 0) is 73.6 Å². The molecule has 1 N–H and O–H groups in total. The molecule has 1 aliphatic rings. The van der Waals surface area contributed by atoms with E-state index < -0.39 is 6.61 Å². The zero-order chi connectivity index (χ0) is 18.7. The van der Waals surface area contributed by atoms with Gasteiger partial charge >= 0.3 is 6.61 Å². The van der Waals surface area contributed by atoms with Crippen molar-refractivity contribution in [3.8, 4) is 5.75 Å². The molecule has 2 aromatic rings. The smallest absolute Gasteiger partial charge is 0.387 e. The average Bonchev–Trinajstić information content (AvgIpc) is 3.02. The summed E-state index contributed by atoms with van der Waals surface area (Å²) in [4.78, 5) is 14.3. The fourth-order valence-electron chi connectivity index (χ4n) is 2.95. The molecule has 3 rings (SSSR count). The van der Waals surface area contributed by atoms with Gasteiger partial charge in [0.15, 0.2) is 0 Å². The fourth-order valence-corrected chi connectivity index (χ4v) is 4.05. The van der Waals surface area contributed by atoms with Gasteiger partial charge in [0.25, 0.3) is 5.91 Å². The number of thiophene rings is 1. The lowest BCUT2D eigenvalue weighted by atomic mass is 9.90. The number of alkyl halides is 2. The summed E-state index contributed by atoms with van der Waals surface area (Å²) < 4.78 is 28.6. The van der Waals surface area contributed by atoms with E-state index >= 15 is 0 Å². The Labute approximate surface area is 154 Å². The molecule has 4 nitrogen and oxygen atoms in total. The first-order chi connectivity index (χ1) is 12.4. The van der Waals surface area contributed by atoms with Crippen LogP contribution in [0.2, 0.25) is 0 Å². The van der Waals surface area contributed by atoms with Crippen LogP contribution in [0.15, 0.2) is 35.4 Å². The fraction of sp³-hybridized carbons (Fsp3) is 0.368. The van der Waals surface area contributed by atoms with Gasteiger partial charge in [-0.1, -0.05) is 6.92 Å². The molecule has 1 aliphatic carbocycles. The molecule has 0 saturated heterocycles. The standard InChI is InChI=1S/C19H20F2N2O2S/c1-11-3-8-16-14(9-11)10-17(26-16)18(24)23-22-12(2)13-4-6-15(7-5-13)25-19(20)21/h4-7,10-11,19H,3,8-9H2,1-2H3,(H,23,24). The molecule has 0 aliphatic heterocycles. The highest BCUT2D eigenvalue weighted by atomic mass is 32.1. The van der Waals surface area contributed by atoms with Crippen LogP contribution >= 0.6 is 11.3 Å². The summed E-state index contributed by atoms with van der Waals surface area (Å²) in [7, 11) is 0. The average molecular weight is 378 g/mol. The predicted octanol–water partition coefficient (Wildman–Crippen LogP) is 4.63. The molecule has 7 heteroatoms. The van der Waals surface area contributed by atoms with Crippen LogP contribution in [0.25, 0.3) is 0 Å². The number of aryl methyl sites for hydroxylation is 1. The van der Waals surface area contributed by atoms with Gasteiger partial charge in [0.2, 0.25) is 0 Å². The summed E-state index contributed by atoms with van der Waals surface area (Å²) in [6.07, 6.45) is 3.22. The lowest BCUT2D eigenvalue weighted by Gasteiger charge is -2.16. The van der Waals surface area contributed by atoms with Gasteiger partial charge in [-0.25, -0.2) is 5.43 Å². The van der Waals surface area contributed by atoms with Crippen LogP contribution in [0.5, 0.6) is 5.75 Å². The van der Waals surface area contributed by atoms with Gasteiger partial charge in [-0.2, -0.15) is 13.9 Å². The van der Waals surface area contributed by atoms with Crippen molar-refractivity contribution in [1.82, 2.24) is 5.43 Å². The molecule has 1 atom stereocenters. The first-order valence-electron chi connectivity index (χ1n) is 8.44. The highest BCUT2D eigenvalue weighted by Gasteiger charge is 2.20. The van der Waals surface area contributed by atoms with Crippen molar-refractivity contribution in [1.29, 1.82) is 0 Å². The summed E-state index contributed by atoms with van der Waals surface area (Å²) in [5.74, 6) is 0.512. The Morgan fingerprint density at radius 3 is 2.77 bits per heavy atom. The number of amides is 1. The summed E-state index contributed by atoms with van der Waals surface area (Å²) in [5.41, 5.74) is 5.14. The number of hydrazone groups is 1. The lowest BCUT2D eigenvalue weighted by Crippen LogP contribution is -2.18. The minimum absolute atomic E-state index is 0.0824. The van der Waals surface area contributed by atoms with E-state index in [1.807, 2.05) is 6.07 Å². The van der Waals surface area contributed by atoms with Gasteiger partial charge < -0.3 is 4.74 Å². The normalized spacial score (nSPS) is 17.1. The van der Waals surface area contributed by atoms with E-state index in [0.717, 1.165) is 19.3 Å². The van der Waals surface area contributed by atoms with Crippen LogP contribution in [0, 0.1) is 5.92 Å². The quantitative estimate of drug-likeness (QED) is 0.609. The Morgan fingerprint density at radius 1 is 1.35 bits per heavy atom. The SMILES string of the molecule is CC(=NNC(=O)c1cc2c(s1)CCC(C)C2)c1ccc(OC(F)F)cc1. The second-order valence-electron chi connectivity index (χ2n) is 6.45. The number of carbonyl (C=O) groups is 1. The minimum atomic E-state index is -2.85. The Balaban J connectivity index is 1.64. The second kappa shape index (κ2) is 7.95. The lowest BCUT2D eigenvalue weighted by molar-refractivity contribution is -0.0498. The van der Waals surface area contributed by atoms with Gasteiger partial charge in [-0.15, -0.1) is 11.3 Å². The zero-order valence-electron chi connectivity index (χ0n) is 14.6. The predicted molar refractivity (Wildman–Crippen MR) is 98.3 cm³/mol. The molecule has 1 aromatic carbocycles. The van der Waals surface area contributed by atoms with Crippen molar-refractivity contribution in [2.24, 2.45) is 11.0 Å². The van der Waals surface area contributed by atoms with E-state index in [-0.39, 0.29) is 11.7 Å². The first kappa shape index (κ1) is 18.5. The topological polar surface area (TPSA) is 50.7 Å². The molecular formula is C19H20F2N2O2S. The third kappa shape index (κ3) is 4.46. The Hall–Kier alpha value is -2.28. The summed E-state index contributed by atoms with van der Waals surface area (Å²) in [5, 5.41) is 4.12. The van der Waals surface area contributed by atoms with E-state index in [2.05, 4.69) is 22.2 Å². The van der Waals surface area contributed by atoms with Crippen molar-refractivity contribution in [3.63, 3.8) is 0 Å². The number of rotatable bonds is 5. The van der Waals surface area contributed by atoms with Crippen LogP contribution in [0.3, 0.4) is 0 Å². The number of benzene rings is 1. The van der Waals surface area contributed by atoms with E-state index in [0.29, 0.717) is 22.1 Å². The van der Waals surface area contributed by atoms with E-state index in [9.17, 15) is 13.6 Å². The Bertz CT molecular complexity index is 815. The van der Waals surface area contributed by atoms with Crippen LogP contribution in [0.4, 0.5) is 8.78 Å². The summed E-state index contributed by atoms with van der Waals surface area (Å²) >= 11 is 1.53. The van der Waals surface area contributed by atoms with Crippen molar-refractivity contribution < 1.29 is 18.3 Å². The summed E-state index contributed by atoms with van der Waals surface area (Å²) in [6, 6.07) is 8.09. The number of hydrogen-bond donors (Lipinski definition) is 1. The number of halogens is 2. The van der Waals surface area contributed by atoms with Crippen molar-refractivity contribution in [3.05, 3.63) is 51.2 Å². The third-order valence-electron chi connectivity index (χ3n) is 4.38. The summed E-state index contributed by atoms with van der Waals surface area (Å²) in [6.45, 7) is 1.12. The van der Waals surface area contributed by atoms with Gasteiger partial charge in [0.1, 0.15) is 5.75 Å². The largest absolute Gasteiger partial charge is 0.435 e. The molecule has 0 fully saturated rings. The maximum Gasteiger partial charge on any atom is 0.387 e. The van der Waals surface area contributed by atoms with Crippen molar-refractivity contribution in [2.45, 2.75) is 39.7 Å². The first-order valence-corrected chi connectivity index (χ1v) is 9.25. The van der Waals surface area contributed by atoms with E-state index in [1.165, 1.54) is 33.9 Å². The van der Waals surface area contributed by atoms with E-state index in [1.54, 1.807) is 19.1 Å². The highest BCUT2D eigenvalue weighted by Crippen LogP contribution is 2.32. The molecule has 0 saturated carbocycles. The number of nitrogens with zero attached hydrogens (tertiary/aromatic N) is 1. The molecule has 1 amide bonds. The maximum atomic E-state index is 12.3. The van der Waals surface area contributed by atoms with Crippen LogP contribution in [-0.2, 0) is 12.8 Å². The number of hydrogen-bond acceptors (Lipinski definition) is 4. The molecule has 0 spiro atoms. The van der Waals surface area contributed by atoms with Crippen LogP contribution in [0.1, 0.15) is 45.9 Å². The Morgan fingerprint density at radius 2 is 2.08 bits per heavy atom. The zero-order valence-corrected chi connectivity index (χ0v) is 15.4. The molecule has 1 unspecified atom stereocenters. The molecule has 1 aromatic heterocycles. The third-order valence-corrected chi connectivity index (χ3v) is 5.61. The molecule has 138 valence electrons.